The normalized spacial score (nSPS) is 12.6. The summed E-state index contributed by atoms with van der Waals surface area (Å²) in [6.45, 7) is 3.11. The van der Waals surface area contributed by atoms with Crippen molar-refractivity contribution < 1.29 is 19.0 Å². The Hall–Kier alpha value is -2.81. The predicted molar refractivity (Wildman–Crippen MR) is 138 cm³/mol. The van der Waals surface area contributed by atoms with E-state index in [4.69, 9.17) is 16.6 Å². The first kappa shape index (κ1) is 25.3. The van der Waals surface area contributed by atoms with Crippen LogP contribution >= 0.6 is 11.6 Å². The summed E-state index contributed by atoms with van der Waals surface area (Å²) in [5.41, 5.74) is 3.46. The molecule has 6 nitrogen and oxygen atoms in total. The highest BCUT2D eigenvalue weighted by Gasteiger charge is 2.22. The van der Waals surface area contributed by atoms with Crippen LogP contribution in [0.4, 0.5) is 0 Å². The van der Waals surface area contributed by atoms with Gasteiger partial charge in [0.1, 0.15) is 11.4 Å². The van der Waals surface area contributed by atoms with E-state index in [2.05, 4.69) is 0 Å². The summed E-state index contributed by atoms with van der Waals surface area (Å²) < 4.78 is 23.2. The first-order valence-electron chi connectivity index (χ1n) is 11.2. The third-order valence-electron chi connectivity index (χ3n) is 5.89. The SMILES string of the molecule is CC(C)(O)c1cn(-c2ccc(-c3ccc(CO)c(S(=O)O)c3)cc2)c(CCc2ccccc2Cl)n1. The van der Waals surface area contributed by atoms with Gasteiger partial charge < -0.3 is 19.3 Å². The van der Waals surface area contributed by atoms with Crippen LogP contribution in [0.25, 0.3) is 16.8 Å². The predicted octanol–water partition coefficient (Wildman–Crippen LogP) is 5.28. The largest absolute Gasteiger partial charge is 0.392 e. The zero-order valence-electron chi connectivity index (χ0n) is 19.5. The lowest BCUT2D eigenvalue weighted by atomic mass is 10.0. The van der Waals surface area contributed by atoms with Crippen LogP contribution in [0.15, 0.2) is 77.8 Å². The van der Waals surface area contributed by atoms with Crippen molar-refractivity contribution in [2.45, 2.75) is 43.8 Å². The lowest BCUT2D eigenvalue weighted by Gasteiger charge is -2.13. The molecular weight excluding hydrogens is 484 g/mol. The molecule has 0 amide bonds. The van der Waals surface area contributed by atoms with Gasteiger partial charge in [-0.15, -0.1) is 0 Å². The second kappa shape index (κ2) is 10.4. The number of aryl methyl sites for hydroxylation is 2. The second-order valence-corrected chi connectivity index (χ2v) is 10.2. The molecule has 0 radical (unpaired) electrons. The number of aromatic nitrogens is 2. The summed E-state index contributed by atoms with van der Waals surface area (Å²) in [6.07, 6.45) is 3.19. The molecule has 0 spiro atoms. The molecule has 8 heteroatoms. The zero-order chi connectivity index (χ0) is 25.2. The maximum atomic E-state index is 11.7. The van der Waals surface area contributed by atoms with Crippen molar-refractivity contribution in [1.29, 1.82) is 0 Å². The minimum atomic E-state index is -2.19. The molecule has 0 saturated heterocycles. The average Bonchev–Trinajstić information content (AvgIpc) is 3.28. The van der Waals surface area contributed by atoms with Crippen LogP contribution in [0.2, 0.25) is 5.02 Å². The van der Waals surface area contributed by atoms with Gasteiger partial charge in [0, 0.05) is 23.3 Å². The van der Waals surface area contributed by atoms with Gasteiger partial charge in [-0.3, -0.25) is 0 Å². The van der Waals surface area contributed by atoms with E-state index in [0.717, 1.165) is 28.2 Å². The maximum Gasteiger partial charge on any atom is 0.186 e. The maximum absolute atomic E-state index is 11.7. The molecule has 3 aromatic carbocycles. The van der Waals surface area contributed by atoms with Gasteiger partial charge in [0.25, 0.3) is 0 Å². The van der Waals surface area contributed by atoms with Crippen molar-refractivity contribution in [2.24, 2.45) is 0 Å². The van der Waals surface area contributed by atoms with Crippen LogP contribution in [0.5, 0.6) is 0 Å². The highest BCUT2D eigenvalue weighted by atomic mass is 35.5. The Labute approximate surface area is 212 Å². The van der Waals surface area contributed by atoms with Crippen molar-refractivity contribution in [2.75, 3.05) is 0 Å². The number of hydrogen-bond donors (Lipinski definition) is 3. The lowest BCUT2D eigenvalue weighted by molar-refractivity contribution is 0.0741. The quantitative estimate of drug-likeness (QED) is 0.280. The van der Waals surface area contributed by atoms with Crippen LogP contribution in [0, 0.1) is 0 Å². The molecule has 1 atom stereocenters. The zero-order valence-corrected chi connectivity index (χ0v) is 21.1. The van der Waals surface area contributed by atoms with E-state index in [-0.39, 0.29) is 11.5 Å². The van der Waals surface area contributed by atoms with Crippen LogP contribution < -0.4 is 0 Å². The molecule has 0 aliphatic rings. The van der Waals surface area contributed by atoms with Crippen molar-refractivity contribution in [1.82, 2.24) is 9.55 Å². The Kier molecular flexibility index (Phi) is 7.54. The van der Waals surface area contributed by atoms with E-state index in [1.165, 1.54) is 0 Å². The molecular formula is C27H27ClN2O4S. The molecule has 0 fully saturated rings. The van der Waals surface area contributed by atoms with E-state index in [0.29, 0.717) is 29.1 Å². The highest BCUT2D eigenvalue weighted by Crippen LogP contribution is 2.28. The summed E-state index contributed by atoms with van der Waals surface area (Å²) in [4.78, 5) is 4.91. The number of halogens is 1. The Bertz CT molecular complexity index is 1360. The number of nitrogens with zero attached hydrogens (tertiary/aromatic N) is 2. The number of rotatable bonds is 8. The second-order valence-electron chi connectivity index (χ2n) is 8.84. The molecule has 4 rings (SSSR count). The Morgan fingerprint density at radius 2 is 1.66 bits per heavy atom. The van der Waals surface area contributed by atoms with Crippen LogP contribution in [0.1, 0.15) is 36.5 Å². The van der Waals surface area contributed by atoms with Crippen LogP contribution in [-0.4, -0.2) is 28.5 Å². The number of hydrogen-bond acceptors (Lipinski definition) is 4. The molecule has 0 saturated carbocycles. The number of benzene rings is 3. The lowest BCUT2D eigenvalue weighted by Crippen LogP contribution is -2.16. The van der Waals surface area contributed by atoms with E-state index < -0.39 is 16.7 Å². The van der Waals surface area contributed by atoms with E-state index in [1.54, 1.807) is 26.0 Å². The highest BCUT2D eigenvalue weighted by molar-refractivity contribution is 7.79. The molecule has 4 aromatic rings. The molecule has 0 aliphatic carbocycles. The molecule has 1 unspecified atom stereocenters. The summed E-state index contributed by atoms with van der Waals surface area (Å²) in [7, 11) is 0. The topological polar surface area (TPSA) is 95.6 Å². The summed E-state index contributed by atoms with van der Waals surface area (Å²) in [6, 6.07) is 20.6. The van der Waals surface area contributed by atoms with Gasteiger partial charge in [-0.25, -0.2) is 9.19 Å². The third kappa shape index (κ3) is 5.72. The van der Waals surface area contributed by atoms with Gasteiger partial charge in [-0.2, -0.15) is 0 Å². The van der Waals surface area contributed by atoms with Crippen molar-refractivity contribution in [3.63, 3.8) is 0 Å². The average molecular weight is 511 g/mol. The van der Waals surface area contributed by atoms with Crippen LogP contribution in [0.3, 0.4) is 0 Å². The van der Waals surface area contributed by atoms with Gasteiger partial charge in [-0.1, -0.05) is 54.1 Å². The Balaban J connectivity index is 1.66. The number of aliphatic hydroxyl groups is 2. The minimum absolute atomic E-state index is 0.195. The van der Waals surface area contributed by atoms with Crippen molar-refractivity contribution in [3.05, 3.63) is 101 Å². The Morgan fingerprint density at radius 1 is 0.971 bits per heavy atom. The molecule has 182 valence electrons. The Morgan fingerprint density at radius 3 is 2.29 bits per heavy atom. The van der Waals surface area contributed by atoms with Crippen LogP contribution in [-0.2, 0) is 36.1 Å². The molecule has 0 aliphatic heterocycles. The van der Waals surface area contributed by atoms with E-state index in [1.807, 2.05) is 65.4 Å². The van der Waals surface area contributed by atoms with Gasteiger partial charge in [0.2, 0.25) is 0 Å². The first-order chi connectivity index (χ1) is 16.7. The number of aliphatic hydroxyl groups excluding tert-OH is 1. The fraction of sp³-hybridized carbons (Fsp3) is 0.222. The minimum Gasteiger partial charge on any atom is -0.392 e. The smallest absolute Gasteiger partial charge is 0.186 e. The fourth-order valence-corrected chi connectivity index (χ4v) is 4.72. The third-order valence-corrected chi connectivity index (χ3v) is 7.01. The molecule has 0 bridgehead atoms. The van der Waals surface area contributed by atoms with Crippen molar-refractivity contribution >= 4 is 22.7 Å². The van der Waals surface area contributed by atoms with Gasteiger partial charge in [0.15, 0.2) is 11.1 Å². The van der Waals surface area contributed by atoms with E-state index in [9.17, 15) is 19.0 Å². The van der Waals surface area contributed by atoms with E-state index >= 15 is 0 Å². The van der Waals surface area contributed by atoms with Crippen molar-refractivity contribution in [3.8, 4) is 16.8 Å². The number of imidazole rings is 1. The summed E-state index contributed by atoms with van der Waals surface area (Å²) in [5, 5.41) is 20.7. The van der Waals surface area contributed by atoms with Gasteiger partial charge in [-0.05, 0) is 66.8 Å². The fourth-order valence-electron chi connectivity index (χ4n) is 3.90. The molecule has 1 aromatic heterocycles. The monoisotopic (exact) mass is 510 g/mol. The molecule has 35 heavy (non-hydrogen) atoms. The summed E-state index contributed by atoms with van der Waals surface area (Å²) >= 11 is 4.14. The molecule has 3 N–H and O–H groups in total. The standard InChI is InChI=1S/C27H27ClN2O4S/c1-27(2,32)25-16-30(26(29-25)14-11-19-5-3-4-6-23(19)28)22-12-9-18(10-13-22)20-7-8-21(17-31)24(15-20)35(33)34/h3-10,12-13,15-16,31-32H,11,14,17H2,1-2H3,(H,33,34). The first-order valence-corrected chi connectivity index (χ1v) is 12.7. The van der Waals surface area contributed by atoms with Gasteiger partial charge >= 0.3 is 0 Å². The molecule has 1 heterocycles. The van der Waals surface area contributed by atoms with Gasteiger partial charge in [0.05, 0.1) is 17.2 Å². The summed E-state index contributed by atoms with van der Waals surface area (Å²) in [5.74, 6) is 0.806.